The van der Waals surface area contributed by atoms with Gasteiger partial charge in [-0.1, -0.05) is 13.0 Å². The summed E-state index contributed by atoms with van der Waals surface area (Å²) in [5, 5.41) is 7.63. The highest BCUT2D eigenvalue weighted by atomic mass is 16.5. The molecule has 136 valence electrons. The van der Waals surface area contributed by atoms with Gasteiger partial charge < -0.3 is 9.47 Å². The minimum absolute atomic E-state index is 0.0674. The molecule has 3 atom stereocenters. The van der Waals surface area contributed by atoms with Gasteiger partial charge in [0.25, 0.3) is 0 Å². The Morgan fingerprint density at radius 2 is 2.08 bits per heavy atom. The normalized spacial score (nSPS) is 25.7. The number of nitrogens with zero attached hydrogens (tertiary/aromatic N) is 1. The first-order valence-electron chi connectivity index (χ1n) is 9.06. The summed E-state index contributed by atoms with van der Waals surface area (Å²) in [6.07, 6.45) is 6.05. The first kappa shape index (κ1) is 17.7. The quantitative estimate of drug-likeness (QED) is 0.848. The number of hydrogen-bond acceptors (Lipinski definition) is 5. The van der Waals surface area contributed by atoms with E-state index in [2.05, 4.69) is 23.2 Å². The summed E-state index contributed by atoms with van der Waals surface area (Å²) in [5.74, 6) is -0.262. The van der Waals surface area contributed by atoms with Crippen molar-refractivity contribution in [2.75, 3.05) is 13.7 Å². The van der Waals surface area contributed by atoms with Crippen LogP contribution in [0.1, 0.15) is 50.1 Å². The van der Waals surface area contributed by atoms with Gasteiger partial charge in [0.05, 0.1) is 31.2 Å². The Bertz CT molecular complexity index is 692. The van der Waals surface area contributed by atoms with Gasteiger partial charge in [-0.3, -0.25) is 14.7 Å². The number of methoxy groups -OCH3 is 1. The zero-order valence-electron chi connectivity index (χ0n) is 15.1. The van der Waals surface area contributed by atoms with Crippen LogP contribution in [-0.4, -0.2) is 35.9 Å². The maximum absolute atomic E-state index is 12.0. The lowest BCUT2D eigenvalue weighted by Gasteiger charge is -2.26. The van der Waals surface area contributed by atoms with Gasteiger partial charge in [0, 0.05) is 17.7 Å². The van der Waals surface area contributed by atoms with Crippen LogP contribution in [0, 0.1) is 17.8 Å². The van der Waals surface area contributed by atoms with Gasteiger partial charge in [0.2, 0.25) is 0 Å². The fraction of sp³-hybridized carbons (Fsp3) is 0.632. The number of fused-ring (bicyclic) bond motifs is 1. The van der Waals surface area contributed by atoms with Crippen molar-refractivity contribution in [3.8, 4) is 0 Å². The molecule has 1 N–H and O–H groups in total. The van der Waals surface area contributed by atoms with Crippen LogP contribution < -0.4 is 0 Å². The maximum Gasteiger partial charge on any atom is 0.309 e. The lowest BCUT2D eigenvalue weighted by molar-refractivity contribution is -0.149. The molecular formula is C19H26N2O4. The average molecular weight is 346 g/mol. The monoisotopic (exact) mass is 346 g/mol. The van der Waals surface area contributed by atoms with Crippen LogP contribution in [0.5, 0.6) is 0 Å². The van der Waals surface area contributed by atoms with E-state index in [1.54, 1.807) is 0 Å². The van der Waals surface area contributed by atoms with Crippen LogP contribution in [-0.2, 0) is 31.9 Å². The predicted molar refractivity (Wildman–Crippen MR) is 92.6 cm³/mol. The van der Waals surface area contributed by atoms with Crippen LogP contribution >= 0.6 is 0 Å². The molecule has 0 spiro atoms. The highest BCUT2D eigenvalue weighted by molar-refractivity contribution is 5.77. The molecule has 3 unspecified atom stereocenters. The fourth-order valence-corrected chi connectivity index (χ4v) is 4.01. The van der Waals surface area contributed by atoms with Gasteiger partial charge in [-0.2, -0.15) is 5.10 Å². The first-order valence-corrected chi connectivity index (χ1v) is 9.06. The van der Waals surface area contributed by atoms with Gasteiger partial charge in [-0.05, 0) is 44.1 Å². The number of carbonyl (C=O) groups is 2. The van der Waals surface area contributed by atoms with Crippen LogP contribution in [0.2, 0.25) is 0 Å². The molecule has 0 saturated carbocycles. The fourth-order valence-electron chi connectivity index (χ4n) is 4.01. The molecule has 0 radical (unpaired) electrons. The number of ether oxygens (including phenoxy) is 2. The summed E-state index contributed by atoms with van der Waals surface area (Å²) in [6.45, 7) is 4.32. The smallest absolute Gasteiger partial charge is 0.309 e. The number of aromatic amines is 1. The molecule has 25 heavy (non-hydrogen) atoms. The number of rotatable bonds is 4. The van der Waals surface area contributed by atoms with Crippen LogP contribution in [0.3, 0.4) is 0 Å². The number of nitrogens with one attached hydrogen (secondary N) is 1. The van der Waals surface area contributed by atoms with Gasteiger partial charge in [-0.25, -0.2) is 0 Å². The molecule has 0 bridgehead atoms. The Kier molecular flexibility index (Phi) is 5.25. The van der Waals surface area contributed by atoms with Crippen LogP contribution in [0.15, 0.2) is 6.08 Å². The third-order valence-corrected chi connectivity index (χ3v) is 5.40. The summed E-state index contributed by atoms with van der Waals surface area (Å²) in [6, 6.07) is 0. The van der Waals surface area contributed by atoms with Crippen molar-refractivity contribution in [3.05, 3.63) is 23.0 Å². The molecule has 0 fully saturated rings. The molecule has 1 heterocycles. The Balaban J connectivity index is 1.77. The van der Waals surface area contributed by atoms with Gasteiger partial charge >= 0.3 is 11.9 Å². The molecule has 2 aliphatic rings. The van der Waals surface area contributed by atoms with E-state index in [0.29, 0.717) is 13.0 Å². The molecule has 0 aromatic carbocycles. The van der Waals surface area contributed by atoms with Crippen molar-refractivity contribution in [1.82, 2.24) is 10.2 Å². The Morgan fingerprint density at radius 3 is 2.76 bits per heavy atom. The standard InChI is InChI=1S/C19H26N2O4/c1-4-25-19(23)14-7-5-12(9-11(14)2)17-15-8-6-13(18(22)24-3)10-16(15)20-21-17/h9,11,13-14H,4-8,10H2,1-3H3,(H,20,21). The van der Waals surface area contributed by atoms with Gasteiger partial charge in [0.1, 0.15) is 0 Å². The lowest BCUT2D eigenvalue weighted by atomic mass is 9.79. The molecule has 1 aromatic heterocycles. The minimum atomic E-state index is -0.149. The Morgan fingerprint density at radius 1 is 1.28 bits per heavy atom. The molecule has 6 nitrogen and oxygen atoms in total. The molecule has 1 aromatic rings. The zero-order valence-corrected chi connectivity index (χ0v) is 15.1. The average Bonchev–Trinajstić information content (AvgIpc) is 3.04. The highest BCUT2D eigenvalue weighted by Crippen LogP contribution is 2.37. The molecule has 3 rings (SSSR count). The molecule has 2 aliphatic carbocycles. The van der Waals surface area contributed by atoms with Crippen molar-refractivity contribution in [3.63, 3.8) is 0 Å². The van der Waals surface area contributed by atoms with Crippen molar-refractivity contribution in [2.24, 2.45) is 17.8 Å². The van der Waals surface area contributed by atoms with Crippen LogP contribution in [0.25, 0.3) is 5.57 Å². The van der Waals surface area contributed by atoms with Crippen LogP contribution in [0.4, 0.5) is 0 Å². The van der Waals surface area contributed by atoms with E-state index in [1.807, 2.05) is 6.92 Å². The zero-order chi connectivity index (χ0) is 18.0. The lowest BCUT2D eigenvalue weighted by Crippen LogP contribution is -2.26. The van der Waals surface area contributed by atoms with E-state index in [0.717, 1.165) is 37.1 Å². The topological polar surface area (TPSA) is 81.3 Å². The summed E-state index contributed by atoms with van der Waals surface area (Å²) < 4.78 is 10.0. The highest BCUT2D eigenvalue weighted by Gasteiger charge is 2.33. The van der Waals surface area contributed by atoms with E-state index < -0.39 is 0 Å². The van der Waals surface area contributed by atoms with Crippen molar-refractivity contribution in [2.45, 2.75) is 46.0 Å². The SMILES string of the molecule is CCOC(=O)C1CCC(c2n[nH]c3c2CCC(C(=O)OC)C3)=CC1C. The number of carbonyl (C=O) groups excluding carboxylic acids is 2. The largest absolute Gasteiger partial charge is 0.469 e. The third-order valence-electron chi connectivity index (χ3n) is 5.40. The third kappa shape index (κ3) is 3.48. The van der Waals surface area contributed by atoms with Gasteiger partial charge in [0.15, 0.2) is 0 Å². The number of H-pyrrole nitrogens is 1. The molecule has 0 aliphatic heterocycles. The summed E-state index contributed by atoms with van der Waals surface area (Å²) >= 11 is 0. The second-order valence-electron chi connectivity index (χ2n) is 6.94. The van der Waals surface area contributed by atoms with E-state index >= 15 is 0 Å². The number of hydrogen-bond donors (Lipinski definition) is 1. The predicted octanol–water partition coefficient (Wildman–Crippen LogP) is 2.68. The van der Waals surface area contributed by atoms with E-state index in [-0.39, 0.29) is 29.7 Å². The number of allylic oxidation sites excluding steroid dienone is 2. The molecule has 6 heteroatoms. The summed E-state index contributed by atoms with van der Waals surface area (Å²) in [4.78, 5) is 23.8. The Labute approximate surface area is 148 Å². The van der Waals surface area contributed by atoms with E-state index in [9.17, 15) is 9.59 Å². The maximum atomic E-state index is 12.0. The second kappa shape index (κ2) is 7.42. The summed E-state index contributed by atoms with van der Waals surface area (Å²) in [5.41, 5.74) is 4.46. The second-order valence-corrected chi connectivity index (χ2v) is 6.94. The summed E-state index contributed by atoms with van der Waals surface area (Å²) in [7, 11) is 1.43. The van der Waals surface area contributed by atoms with Gasteiger partial charge in [-0.15, -0.1) is 0 Å². The van der Waals surface area contributed by atoms with Crippen molar-refractivity contribution in [1.29, 1.82) is 0 Å². The molecule has 0 saturated heterocycles. The first-order chi connectivity index (χ1) is 12.0. The minimum Gasteiger partial charge on any atom is -0.469 e. The molecule has 0 amide bonds. The Hall–Kier alpha value is -2.11. The van der Waals surface area contributed by atoms with Crippen molar-refractivity contribution >= 4 is 17.5 Å². The van der Waals surface area contributed by atoms with E-state index in [4.69, 9.17) is 9.47 Å². The van der Waals surface area contributed by atoms with E-state index in [1.165, 1.54) is 18.2 Å². The molecular weight excluding hydrogens is 320 g/mol. The number of aromatic nitrogens is 2. The van der Waals surface area contributed by atoms with Crippen molar-refractivity contribution < 1.29 is 19.1 Å². The number of esters is 2.